The Balaban J connectivity index is 1.78. The average Bonchev–Trinajstić information content (AvgIpc) is 2.53. The van der Waals surface area contributed by atoms with E-state index in [9.17, 15) is 4.39 Å². The molecule has 3 heteroatoms. The zero-order valence-electron chi connectivity index (χ0n) is 11.8. The van der Waals surface area contributed by atoms with Gasteiger partial charge >= 0.3 is 0 Å². The van der Waals surface area contributed by atoms with Gasteiger partial charge in [0.2, 0.25) is 0 Å². The van der Waals surface area contributed by atoms with Crippen LogP contribution in [-0.2, 0) is 12.3 Å². The molecule has 0 bridgehead atoms. The van der Waals surface area contributed by atoms with E-state index in [0.29, 0.717) is 23.8 Å². The Morgan fingerprint density at radius 3 is 2.86 bits per heavy atom. The lowest BCUT2D eigenvalue weighted by molar-refractivity contribution is 0.261. The Kier molecular flexibility index (Phi) is 4.45. The Morgan fingerprint density at radius 1 is 1.14 bits per heavy atom. The summed E-state index contributed by atoms with van der Waals surface area (Å²) in [5.41, 5.74) is 3.44. The molecule has 0 saturated heterocycles. The number of alkyl halides is 1. The van der Waals surface area contributed by atoms with Crippen molar-refractivity contribution < 1.29 is 9.13 Å². The highest BCUT2D eigenvalue weighted by Gasteiger charge is 2.21. The van der Waals surface area contributed by atoms with E-state index in [0.717, 1.165) is 19.3 Å². The molecule has 1 aliphatic rings. The van der Waals surface area contributed by atoms with E-state index in [1.54, 1.807) is 12.1 Å². The lowest BCUT2D eigenvalue weighted by Crippen LogP contribution is -2.17. The van der Waals surface area contributed by atoms with Gasteiger partial charge in [0.05, 0.1) is 12.5 Å². The van der Waals surface area contributed by atoms with Crippen LogP contribution in [0.3, 0.4) is 0 Å². The van der Waals surface area contributed by atoms with Crippen molar-refractivity contribution in [2.75, 3.05) is 6.61 Å². The van der Waals surface area contributed by atoms with Crippen LogP contribution in [0.5, 0.6) is 5.75 Å². The van der Waals surface area contributed by atoms with E-state index in [4.69, 9.17) is 16.3 Å². The van der Waals surface area contributed by atoms with Crippen LogP contribution in [0.1, 0.15) is 35.4 Å². The summed E-state index contributed by atoms with van der Waals surface area (Å²) in [6, 6.07) is 13.4. The van der Waals surface area contributed by atoms with E-state index in [1.807, 2.05) is 0 Å². The van der Waals surface area contributed by atoms with Crippen molar-refractivity contribution in [2.45, 2.75) is 31.1 Å². The Hall–Kier alpha value is -1.54. The zero-order chi connectivity index (χ0) is 14.7. The highest BCUT2D eigenvalue weighted by Crippen LogP contribution is 2.33. The molecule has 2 aromatic rings. The molecule has 1 atom stereocenters. The molecule has 0 aliphatic heterocycles. The molecule has 0 spiro atoms. The fraction of sp³-hybridized carbons (Fsp3) is 0.333. The summed E-state index contributed by atoms with van der Waals surface area (Å²) in [4.78, 5) is 0. The molecule has 1 aliphatic carbocycles. The predicted molar refractivity (Wildman–Crippen MR) is 83.6 cm³/mol. The van der Waals surface area contributed by atoms with Crippen molar-refractivity contribution in [1.29, 1.82) is 0 Å². The lowest BCUT2D eigenvalue weighted by atomic mass is 9.83. The number of hydrogen-bond acceptors (Lipinski definition) is 1. The number of ether oxygens (including phenoxy) is 1. The van der Waals surface area contributed by atoms with Crippen molar-refractivity contribution in [3.8, 4) is 5.75 Å². The molecule has 0 heterocycles. The first kappa shape index (κ1) is 14.4. The second kappa shape index (κ2) is 6.48. The van der Waals surface area contributed by atoms with Crippen LogP contribution in [0.25, 0.3) is 0 Å². The van der Waals surface area contributed by atoms with Gasteiger partial charge in [-0.1, -0.05) is 36.4 Å². The van der Waals surface area contributed by atoms with Gasteiger partial charge in [-0.25, -0.2) is 4.39 Å². The standard InChI is InChI=1S/C18H18ClFO/c19-11-14-7-4-10-17(20)18(14)21-12-15-8-3-6-13-5-1-2-9-16(13)15/h1-2,4-5,7,9-10,15H,3,6,8,11-12H2. The summed E-state index contributed by atoms with van der Waals surface area (Å²) in [6.45, 7) is 0.502. The summed E-state index contributed by atoms with van der Waals surface area (Å²) in [5, 5.41) is 0. The van der Waals surface area contributed by atoms with Gasteiger partial charge in [-0.3, -0.25) is 0 Å². The largest absolute Gasteiger partial charge is 0.490 e. The summed E-state index contributed by atoms with van der Waals surface area (Å²) in [5.74, 6) is 0.555. The van der Waals surface area contributed by atoms with Gasteiger partial charge in [0.15, 0.2) is 11.6 Å². The molecule has 0 radical (unpaired) electrons. The molecule has 21 heavy (non-hydrogen) atoms. The van der Waals surface area contributed by atoms with Gasteiger partial charge in [-0.05, 0) is 36.5 Å². The van der Waals surface area contributed by atoms with Gasteiger partial charge in [-0.2, -0.15) is 0 Å². The lowest BCUT2D eigenvalue weighted by Gasteiger charge is -2.26. The smallest absolute Gasteiger partial charge is 0.165 e. The van der Waals surface area contributed by atoms with Crippen LogP contribution >= 0.6 is 11.6 Å². The molecule has 0 saturated carbocycles. The summed E-state index contributed by atoms with van der Waals surface area (Å²) in [7, 11) is 0. The van der Waals surface area contributed by atoms with Crippen molar-refractivity contribution in [3.05, 3.63) is 65.0 Å². The Bertz CT molecular complexity index is 626. The number of hydrogen-bond donors (Lipinski definition) is 0. The van der Waals surface area contributed by atoms with Crippen molar-refractivity contribution in [3.63, 3.8) is 0 Å². The van der Waals surface area contributed by atoms with Gasteiger partial charge < -0.3 is 4.74 Å². The van der Waals surface area contributed by atoms with Crippen LogP contribution < -0.4 is 4.74 Å². The number of benzene rings is 2. The third-order valence-corrected chi connectivity index (χ3v) is 4.40. The third kappa shape index (κ3) is 3.06. The Labute approximate surface area is 129 Å². The molecule has 3 rings (SSSR count). The molecule has 0 fully saturated rings. The van der Waals surface area contributed by atoms with Gasteiger partial charge in [-0.15, -0.1) is 11.6 Å². The van der Waals surface area contributed by atoms with E-state index in [2.05, 4.69) is 24.3 Å². The minimum Gasteiger partial charge on any atom is -0.490 e. The van der Waals surface area contributed by atoms with Crippen LogP contribution in [0.2, 0.25) is 0 Å². The third-order valence-electron chi connectivity index (χ3n) is 4.11. The predicted octanol–water partition coefficient (Wildman–Crippen LogP) is 5.06. The van der Waals surface area contributed by atoms with Crippen molar-refractivity contribution in [2.24, 2.45) is 0 Å². The summed E-state index contributed by atoms with van der Waals surface area (Å²) in [6.07, 6.45) is 3.37. The first-order chi connectivity index (χ1) is 10.3. The number of halogens is 2. The molecule has 1 unspecified atom stereocenters. The van der Waals surface area contributed by atoms with Crippen LogP contribution in [0.15, 0.2) is 42.5 Å². The van der Waals surface area contributed by atoms with E-state index < -0.39 is 0 Å². The van der Waals surface area contributed by atoms with Gasteiger partial charge in [0, 0.05) is 11.5 Å². The van der Waals surface area contributed by atoms with E-state index in [-0.39, 0.29) is 11.7 Å². The molecule has 0 N–H and O–H groups in total. The SMILES string of the molecule is Fc1cccc(CCl)c1OCC1CCCc2ccccc21. The van der Waals surface area contributed by atoms with Crippen LogP contribution in [0.4, 0.5) is 4.39 Å². The van der Waals surface area contributed by atoms with Crippen molar-refractivity contribution >= 4 is 11.6 Å². The number of fused-ring (bicyclic) bond motifs is 1. The first-order valence-corrected chi connectivity index (χ1v) is 7.87. The van der Waals surface area contributed by atoms with E-state index >= 15 is 0 Å². The zero-order valence-corrected chi connectivity index (χ0v) is 12.6. The second-order valence-electron chi connectivity index (χ2n) is 5.46. The molecule has 0 aromatic heterocycles. The number of aryl methyl sites for hydroxylation is 1. The number of rotatable bonds is 4. The maximum atomic E-state index is 13.9. The van der Waals surface area contributed by atoms with Gasteiger partial charge in [0.1, 0.15) is 0 Å². The molecule has 1 nitrogen and oxygen atoms in total. The first-order valence-electron chi connectivity index (χ1n) is 7.33. The molecule has 0 amide bonds. The summed E-state index contributed by atoms with van der Waals surface area (Å²) < 4.78 is 19.7. The molecule has 110 valence electrons. The minimum atomic E-state index is -0.336. The maximum Gasteiger partial charge on any atom is 0.165 e. The quantitative estimate of drug-likeness (QED) is 0.717. The molecular weight excluding hydrogens is 287 g/mol. The van der Waals surface area contributed by atoms with Crippen LogP contribution in [-0.4, -0.2) is 6.61 Å². The average molecular weight is 305 g/mol. The van der Waals surface area contributed by atoms with Crippen LogP contribution in [0, 0.1) is 5.82 Å². The van der Waals surface area contributed by atoms with E-state index in [1.165, 1.54) is 17.2 Å². The highest BCUT2D eigenvalue weighted by molar-refractivity contribution is 6.17. The van der Waals surface area contributed by atoms with Gasteiger partial charge in [0.25, 0.3) is 0 Å². The second-order valence-corrected chi connectivity index (χ2v) is 5.73. The maximum absolute atomic E-state index is 13.9. The molecular formula is C18H18ClFO. The summed E-state index contributed by atoms with van der Waals surface area (Å²) >= 11 is 5.86. The number of para-hydroxylation sites is 1. The normalized spacial score (nSPS) is 17.3. The topological polar surface area (TPSA) is 9.23 Å². The highest BCUT2D eigenvalue weighted by atomic mass is 35.5. The fourth-order valence-corrected chi connectivity index (χ4v) is 3.24. The monoisotopic (exact) mass is 304 g/mol. The molecule has 2 aromatic carbocycles. The minimum absolute atomic E-state index is 0.258. The Morgan fingerprint density at radius 2 is 2.00 bits per heavy atom. The fourth-order valence-electron chi connectivity index (χ4n) is 3.03. The van der Waals surface area contributed by atoms with Crippen molar-refractivity contribution in [1.82, 2.24) is 0 Å².